The van der Waals surface area contributed by atoms with Gasteiger partial charge < -0.3 is 9.53 Å². The van der Waals surface area contributed by atoms with Gasteiger partial charge in [0.25, 0.3) is 0 Å². The highest BCUT2D eigenvalue weighted by Crippen LogP contribution is 2.40. The third-order valence-corrected chi connectivity index (χ3v) is 7.10. The lowest BCUT2D eigenvalue weighted by Gasteiger charge is -2.24. The van der Waals surface area contributed by atoms with E-state index in [-0.39, 0.29) is 12.2 Å². The molecule has 6 nitrogen and oxygen atoms in total. The van der Waals surface area contributed by atoms with E-state index in [0.717, 1.165) is 39.5 Å². The van der Waals surface area contributed by atoms with Gasteiger partial charge in [-0.2, -0.15) is 0 Å². The minimum atomic E-state index is -0.523. The number of carbonyl (C=O) groups is 1. The van der Waals surface area contributed by atoms with Gasteiger partial charge in [-0.15, -0.1) is 27.5 Å². The standard InChI is InChI=1S/C27H30N4O2S/c1-8-9-19-10-12-20(13-11-19)23-22-16(2)17(3)34-26(22)31-18(4)29-30-25(31)24(28-23)21(14-32)15-33-27(5,6)7/h10-14,21,24H,15H2,1-7H3/t21?,24-/m0/s1. The highest BCUT2D eigenvalue weighted by atomic mass is 32.1. The molecule has 2 atom stereocenters. The van der Waals surface area contributed by atoms with Crippen LogP contribution in [0.15, 0.2) is 29.3 Å². The Labute approximate surface area is 205 Å². The van der Waals surface area contributed by atoms with E-state index in [0.29, 0.717) is 5.82 Å². The molecule has 1 unspecified atom stereocenters. The molecule has 0 spiro atoms. The van der Waals surface area contributed by atoms with Crippen LogP contribution in [0.4, 0.5) is 0 Å². The van der Waals surface area contributed by atoms with E-state index in [1.165, 1.54) is 10.4 Å². The lowest BCUT2D eigenvalue weighted by molar-refractivity contribution is -0.116. The monoisotopic (exact) mass is 474 g/mol. The molecule has 1 aliphatic rings. The Hall–Kier alpha value is -3.08. The van der Waals surface area contributed by atoms with Crippen molar-refractivity contribution in [3.05, 3.63) is 63.0 Å². The van der Waals surface area contributed by atoms with E-state index < -0.39 is 12.0 Å². The summed E-state index contributed by atoms with van der Waals surface area (Å²) in [5.74, 6) is 6.97. The molecule has 4 rings (SSSR count). The number of hydrogen-bond acceptors (Lipinski definition) is 6. The smallest absolute Gasteiger partial charge is 0.163 e. The molecule has 1 aliphatic heterocycles. The Morgan fingerprint density at radius 3 is 2.50 bits per heavy atom. The molecule has 0 fully saturated rings. The first-order chi connectivity index (χ1) is 16.1. The SMILES string of the molecule is CC#Cc1ccc(C2=N[C@@H](C(C=O)COC(C)(C)C)c3nnc(C)n3-c3sc(C)c(C)c32)cc1. The summed E-state index contributed by atoms with van der Waals surface area (Å²) < 4.78 is 8.07. The number of aliphatic imine (C=N–C) groups is 1. The highest BCUT2D eigenvalue weighted by molar-refractivity contribution is 7.15. The number of aromatic nitrogens is 3. The zero-order valence-electron chi connectivity index (χ0n) is 20.8. The van der Waals surface area contributed by atoms with Crippen LogP contribution in [0, 0.1) is 38.5 Å². The van der Waals surface area contributed by atoms with Gasteiger partial charge in [-0.3, -0.25) is 9.56 Å². The van der Waals surface area contributed by atoms with Gasteiger partial charge in [0.15, 0.2) is 5.82 Å². The number of rotatable bonds is 5. The van der Waals surface area contributed by atoms with Crippen LogP contribution >= 0.6 is 11.3 Å². The summed E-state index contributed by atoms with van der Waals surface area (Å²) in [6.45, 7) is 14.2. The van der Waals surface area contributed by atoms with Crippen molar-refractivity contribution < 1.29 is 9.53 Å². The molecular formula is C27H30N4O2S. The maximum Gasteiger partial charge on any atom is 0.163 e. The summed E-state index contributed by atoms with van der Waals surface area (Å²) in [5.41, 5.74) is 4.64. The molecule has 34 heavy (non-hydrogen) atoms. The van der Waals surface area contributed by atoms with Gasteiger partial charge >= 0.3 is 0 Å². The Balaban J connectivity index is 1.94. The topological polar surface area (TPSA) is 69.4 Å². The minimum absolute atomic E-state index is 0.247. The van der Waals surface area contributed by atoms with Crippen molar-refractivity contribution in [1.82, 2.24) is 14.8 Å². The van der Waals surface area contributed by atoms with Gasteiger partial charge in [0.2, 0.25) is 0 Å². The Morgan fingerprint density at radius 1 is 1.18 bits per heavy atom. The average molecular weight is 475 g/mol. The molecule has 7 heteroatoms. The molecule has 0 amide bonds. The van der Waals surface area contributed by atoms with E-state index >= 15 is 0 Å². The first kappa shape index (κ1) is 24.1. The molecule has 0 saturated carbocycles. The number of fused-ring (bicyclic) bond motifs is 3. The van der Waals surface area contributed by atoms with Gasteiger partial charge in [-0.25, -0.2) is 0 Å². The van der Waals surface area contributed by atoms with Crippen molar-refractivity contribution >= 4 is 23.3 Å². The fraction of sp³-hybridized carbons (Fsp3) is 0.407. The van der Waals surface area contributed by atoms with Crippen molar-refractivity contribution in [2.75, 3.05) is 6.61 Å². The van der Waals surface area contributed by atoms with E-state index in [2.05, 4.69) is 40.5 Å². The van der Waals surface area contributed by atoms with E-state index in [1.54, 1.807) is 11.3 Å². The minimum Gasteiger partial charge on any atom is -0.375 e. The van der Waals surface area contributed by atoms with Crippen LogP contribution in [0.25, 0.3) is 5.00 Å². The number of nitrogens with zero attached hydrogens (tertiary/aromatic N) is 4. The van der Waals surface area contributed by atoms with Gasteiger partial charge in [0.1, 0.15) is 23.2 Å². The summed E-state index contributed by atoms with van der Waals surface area (Å²) in [7, 11) is 0. The van der Waals surface area contributed by atoms with Crippen LogP contribution in [-0.2, 0) is 9.53 Å². The fourth-order valence-electron chi connectivity index (χ4n) is 4.04. The van der Waals surface area contributed by atoms with Crippen LogP contribution in [0.3, 0.4) is 0 Å². The predicted molar refractivity (Wildman–Crippen MR) is 136 cm³/mol. The molecule has 0 N–H and O–H groups in total. The van der Waals surface area contributed by atoms with Gasteiger partial charge in [-0.1, -0.05) is 18.1 Å². The quantitative estimate of drug-likeness (QED) is 0.379. The van der Waals surface area contributed by atoms with Crippen LogP contribution in [0.1, 0.15) is 72.5 Å². The second-order valence-electron chi connectivity index (χ2n) is 9.50. The number of carbonyl (C=O) groups excluding carboxylic acids is 1. The third-order valence-electron chi connectivity index (χ3n) is 5.91. The van der Waals surface area contributed by atoms with Crippen LogP contribution < -0.4 is 0 Å². The average Bonchev–Trinajstić information content (AvgIpc) is 3.25. The van der Waals surface area contributed by atoms with Crippen LogP contribution in [0.2, 0.25) is 0 Å². The van der Waals surface area contributed by atoms with Crippen molar-refractivity contribution in [3.8, 4) is 16.8 Å². The molecule has 3 heterocycles. The normalized spacial score (nSPS) is 16.0. The van der Waals surface area contributed by atoms with E-state index in [9.17, 15) is 4.79 Å². The summed E-state index contributed by atoms with van der Waals surface area (Å²) >= 11 is 1.70. The van der Waals surface area contributed by atoms with Crippen LogP contribution in [-0.4, -0.2) is 39.0 Å². The Kier molecular flexibility index (Phi) is 6.57. The van der Waals surface area contributed by atoms with Crippen LogP contribution in [0.5, 0.6) is 0 Å². The van der Waals surface area contributed by atoms with E-state index in [4.69, 9.17) is 9.73 Å². The number of aldehydes is 1. The largest absolute Gasteiger partial charge is 0.375 e. The number of benzene rings is 1. The molecule has 2 aromatic heterocycles. The third kappa shape index (κ3) is 4.48. The zero-order valence-corrected chi connectivity index (χ0v) is 21.6. The van der Waals surface area contributed by atoms with Crippen molar-refractivity contribution in [2.24, 2.45) is 10.9 Å². The van der Waals surface area contributed by atoms with Gasteiger partial charge in [-0.05, 0) is 66.2 Å². The van der Waals surface area contributed by atoms with Gasteiger partial charge in [0.05, 0.1) is 23.8 Å². The van der Waals surface area contributed by atoms with Gasteiger partial charge in [0, 0.05) is 21.6 Å². The molecule has 0 bridgehead atoms. The number of hydrogen-bond donors (Lipinski definition) is 0. The summed E-state index contributed by atoms with van der Waals surface area (Å²) in [4.78, 5) is 18.8. The lowest BCUT2D eigenvalue weighted by atomic mass is 9.97. The molecular weight excluding hydrogens is 444 g/mol. The maximum atomic E-state index is 12.3. The zero-order chi connectivity index (χ0) is 24.6. The Bertz CT molecular complexity index is 1310. The summed E-state index contributed by atoms with van der Waals surface area (Å²) in [6, 6.07) is 7.59. The predicted octanol–water partition coefficient (Wildman–Crippen LogP) is 5.15. The summed E-state index contributed by atoms with van der Waals surface area (Å²) in [5, 5.41) is 9.89. The first-order valence-corrected chi connectivity index (χ1v) is 12.2. The molecule has 0 radical (unpaired) electrons. The molecule has 1 aromatic carbocycles. The van der Waals surface area contributed by atoms with Crippen molar-refractivity contribution in [1.29, 1.82) is 0 Å². The molecule has 0 saturated heterocycles. The fourth-order valence-corrected chi connectivity index (χ4v) is 5.25. The first-order valence-electron chi connectivity index (χ1n) is 11.4. The second-order valence-corrected chi connectivity index (χ2v) is 10.7. The highest BCUT2D eigenvalue weighted by Gasteiger charge is 2.36. The van der Waals surface area contributed by atoms with E-state index in [1.807, 2.05) is 58.9 Å². The summed E-state index contributed by atoms with van der Waals surface area (Å²) in [6.07, 6.45) is 0.934. The number of ether oxygens (including phenoxy) is 1. The number of aryl methyl sites for hydroxylation is 2. The lowest BCUT2D eigenvalue weighted by Crippen LogP contribution is -2.28. The second kappa shape index (κ2) is 9.28. The number of thiophene rings is 1. The molecule has 0 aliphatic carbocycles. The molecule has 3 aromatic rings. The van der Waals surface area contributed by atoms with Crippen molar-refractivity contribution in [2.45, 2.75) is 60.1 Å². The maximum absolute atomic E-state index is 12.3. The van der Waals surface area contributed by atoms with Crippen molar-refractivity contribution in [3.63, 3.8) is 0 Å². The Morgan fingerprint density at radius 2 is 1.88 bits per heavy atom. The molecule has 176 valence electrons.